The van der Waals surface area contributed by atoms with E-state index in [4.69, 9.17) is 16.0 Å². The predicted molar refractivity (Wildman–Crippen MR) is 70.3 cm³/mol. The second-order valence-electron chi connectivity index (χ2n) is 4.27. The maximum Gasteiger partial charge on any atom is 0.160 e. The van der Waals surface area contributed by atoms with Crippen LogP contribution in [-0.4, -0.2) is 6.54 Å². The number of furan rings is 1. The number of nitrogens with one attached hydrogen (secondary N) is 1. The minimum atomic E-state index is -0.952. The van der Waals surface area contributed by atoms with Crippen molar-refractivity contribution in [1.82, 2.24) is 5.32 Å². The summed E-state index contributed by atoms with van der Waals surface area (Å²) in [7, 11) is 0. The Bertz CT molecular complexity index is 583. The minimum absolute atomic E-state index is 0.184. The molecule has 0 amide bonds. The Morgan fingerprint density at radius 3 is 2.53 bits per heavy atom. The molecule has 0 saturated carbocycles. The van der Waals surface area contributed by atoms with Crippen LogP contribution < -0.4 is 5.32 Å². The molecule has 1 unspecified atom stereocenters. The normalized spacial score (nSPS) is 12.7. The Morgan fingerprint density at radius 2 is 1.95 bits per heavy atom. The standard InChI is InChI=1S/C14H14ClF2NO/c1-3-18-14(9-4-8(2)19-7-9)10-5-12(16)13(17)6-11(10)15/h4-7,14,18H,3H2,1-2H3. The second-order valence-corrected chi connectivity index (χ2v) is 4.68. The van der Waals surface area contributed by atoms with Crippen molar-refractivity contribution in [1.29, 1.82) is 0 Å². The van der Waals surface area contributed by atoms with Crippen LogP contribution in [0.5, 0.6) is 0 Å². The first-order valence-corrected chi connectivity index (χ1v) is 6.33. The van der Waals surface area contributed by atoms with E-state index in [0.29, 0.717) is 12.1 Å². The second kappa shape index (κ2) is 5.72. The van der Waals surface area contributed by atoms with Gasteiger partial charge in [0.25, 0.3) is 0 Å². The van der Waals surface area contributed by atoms with Crippen molar-refractivity contribution in [3.05, 3.63) is 58.0 Å². The van der Waals surface area contributed by atoms with Crippen molar-refractivity contribution < 1.29 is 13.2 Å². The van der Waals surface area contributed by atoms with E-state index in [2.05, 4.69) is 5.32 Å². The Labute approximate surface area is 115 Å². The molecule has 1 aromatic carbocycles. The van der Waals surface area contributed by atoms with Crippen LogP contribution in [0.2, 0.25) is 5.02 Å². The van der Waals surface area contributed by atoms with Crippen LogP contribution in [0.3, 0.4) is 0 Å². The first-order valence-electron chi connectivity index (χ1n) is 5.95. The average molecular weight is 286 g/mol. The molecule has 0 spiro atoms. The van der Waals surface area contributed by atoms with E-state index >= 15 is 0 Å². The molecule has 1 aromatic heterocycles. The zero-order valence-corrected chi connectivity index (χ0v) is 11.4. The van der Waals surface area contributed by atoms with Crippen molar-refractivity contribution in [3.8, 4) is 0 Å². The van der Waals surface area contributed by atoms with Gasteiger partial charge in [0.05, 0.1) is 12.3 Å². The maximum absolute atomic E-state index is 13.4. The molecule has 0 aliphatic heterocycles. The molecule has 2 rings (SSSR count). The average Bonchev–Trinajstić information content (AvgIpc) is 2.78. The molecule has 2 nitrogen and oxygen atoms in total. The van der Waals surface area contributed by atoms with E-state index in [-0.39, 0.29) is 11.1 Å². The Balaban J connectivity index is 2.47. The van der Waals surface area contributed by atoms with Gasteiger partial charge in [0, 0.05) is 10.6 Å². The summed E-state index contributed by atoms with van der Waals surface area (Å²) in [6, 6.07) is 3.62. The molecule has 0 radical (unpaired) electrons. The molecule has 1 heterocycles. The van der Waals surface area contributed by atoms with Gasteiger partial charge in [-0.1, -0.05) is 18.5 Å². The summed E-state index contributed by atoms with van der Waals surface area (Å²) in [5.41, 5.74) is 1.32. The number of halogens is 3. The van der Waals surface area contributed by atoms with E-state index in [9.17, 15) is 8.78 Å². The van der Waals surface area contributed by atoms with Crippen molar-refractivity contribution in [2.45, 2.75) is 19.9 Å². The molecule has 1 atom stereocenters. The van der Waals surface area contributed by atoms with Gasteiger partial charge in [0.1, 0.15) is 5.76 Å². The highest BCUT2D eigenvalue weighted by molar-refractivity contribution is 6.31. The van der Waals surface area contributed by atoms with Crippen molar-refractivity contribution in [3.63, 3.8) is 0 Å². The SMILES string of the molecule is CCNC(c1coc(C)c1)c1cc(F)c(F)cc1Cl. The first-order chi connectivity index (χ1) is 9.02. The van der Waals surface area contributed by atoms with Crippen molar-refractivity contribution >= 4 is 11.6 Å². The van der Waals surface area contributed by atoms with E-state index in [1.807, 2.05) is 19.9 Å². The lowest BCUT2D eigenvalue weighted by molar-refractivity contribution is 0.502. The van der Waals surface area contributed by atoms with Gasteiger partial charge in [-0.25, -0.2) is 8.78 Å². The molecule has 1 N–H and O–H groups in total. The Kier molecular flexibility index (Phi) is 4.22. The molecule has 19 heavy (non-hydrogen) atoms. The molecule has 0 aliphatic rings. The van der Waals surface area contributed by atoms with Crippen LogP contribution in [0, 0.1) is 18.6 Å². The molecule has 0 saturated heterocycles. The third kappa shape index (κ3) is 2.96. The fourth-order valence-corrected chi connectivity index (χ4v) is 2.25. The zero-order valence-electron chi connectivity index (χ0n) is 10.6. The molecule has 102 valence electrons. The minimum Gasteiger partial charge on any atom is -0.469 e. The number of rotatable bonds is 4. The molecule has 0 fully saturated rings. The van der Waals surface area contributed by atoms with E-state index in [1.165, 1.54) is 0 Å². The summed E-state index contributed by atoms with van der Waals surface area (Å²) < 4.78 is 31.8. The third-order valence-electron chi connectivity index (χ3n) is 2.84. The van der Waals surface area contributed by atoms with E-state index in [1.54, 1.807) is 6.26 Å². The highest BCUT2D eigenvalue weighted by Gasteiger charge is 2.20. The van der Waals surface area contributed by atoms with Gasteiger partial charge in [-0.05, 0) is 37.2 Å². The molecular weight excluding hydrogens is 272 g/mol. The van der Waals surface area contributed by atoms with Crippen LogP contribution >= 0.6 is 11.6 Å². The summed E-state index contributed by atoms with van der Waals surface area (Å²) in [6.07, 6.45) is 1.58. The Hall–Kier alpha value is -1.39. The summed E-state index contributed by atoms with van der Waals surface area (Å²) in [5, 5.41) is 3.37. The number of benzene rings is 1. The largest absolute Gasteiger partial charge is 0.469 e. The summed E-state index contributed by atoms with van der Waals surface area (Å²) >= 11 is 6.01. The summed E-state index contributed by atoms with van der Waals surface area (Å²) in [6.45, 7) is 4.40. The van der Waals surface area contributed by atoms with Gasteiger partial charge in [-0.2, -0.15) is 0 Å². The van der Waals surface area contributed by atoms with Gasteiger partial charge in [-0.3, -0.25) is 0 Å². The van der Waals surface area contributed by atoms with Crippen LogP contribution in [-0.2, 0) is 0 Å². The molecule has 2 aromatic rings. The van der Waals surface area contributed by atoms with Crippen LogP contribution in [0.4, 0.5) is 8.78 Å². The fourth-order valence-electron chi connectivity index (χ4n) is 1.99. The van der Waals surface area contributed by atoms with Crippen molar-refractivity contribution in [2.75, 3.05) is 6.54 Å². The van der Waals surface area contributed by atoms with Crippen LogP contribution in [0.1, 0.15) is 29.9 Å². The Morgan fingerprint density at radius 1 is 1.26 bits per heavy atom. The molecule has 0 aliphatic carbocycles. The van der Waals surface area contributed by atoms with Crippen LogP contribution in [0.15, 0.2) is 28.9 Å². The van der Waals surface area contributed by atoms with Crippen molar-refractivity contribution in [2.24, 2.45) is 0 Å². The fraction of sp³-hybridized carbons (Fsp3) is 0.286. The van der Waals surface area contributed by atoms with Gasteiger partial charge in [0.2, 0.25) is 0 Å². The highest BCUT2D eigenvalue weighted by Crippen LogP contribution is 2.31. The van der Waals surface area contributed by atoms with Crippen LogP contribution in [0.25, 0.3) is 0 Å². The molecule has 5 heteroatoms. The van der Waals surface area contributed by atoms with Gasteiger partial charge >= 0.3 is 0 Å². The molecular formula is C14H14ClF2NO. The monoisotopic (exact) mass is 285 g/mol. The first kappa shape index (κ1) is 14.0. The molecule has 0 bridgehead atoms. The lowest BCUT2D eigenvalue weighted by atomic mass is 10.0. The summed E-state index contributed by atoms with van der Waals surface area (Å²) in [4.78, 5) is 0. The van der Waals surface area contributed by atoms with Gasteiger partial charge in [-0.15, -0.1) is 0 Å². The van der Waals surface area contributed by atoms with E-state index < -0.39 is 11.6 Å². The number of hydrogen-bond donors (Lipinski definition) is 1. The quantitative estimate of drug-likeness (QED) is 0.851. The smallest absolute Gasteiger partial charge is 0.160 e. The number of hydrogen-bond acceptors (Lipinski definition) is 2. The lowest BCUT2D eigenvalue weighted by Crippen LogP contribution is -2.22. The lowest BCUT2D eigenvalue weighted by Gasteiger charge is -2.18. The summed E-state index contributed by atoms with van der Waals surface area (Å²) in [5.74, 6) is -1.12. The van der Waals surface area contributed by atoms with Gasteiger partial charge in [0.15, 0.2) is 11.6 Å². The predicted octanol–water partition coefficient (Wildman–Crippen LogP) is 4.22. The highest BCUT2D eigenvalue weighted by atomic mass is 35.5. The van der Waals surface area contributed by atoms with E-state index in [0.717, 1.165) is 23.5 Å². The zero-order chi connectivity index (χ0) is 14.0. The number of aryl methyl sites for hydroxylation is 1. The maximum atomic E-state index is 13.4. The topological polar surface area (TPSA) is 25.2 Å². The van der Waals surface area contributed by atoms with Gasteiger partial charge < -0.3 is 9.73 Å². The third-order valence-corrected chi connectivity index (χ3v) is 3.17.